The van der Waals surface area contributed by atoms with Gasteiger partial charge < -0.3 is 0 Å². The molecule has 0 rings (SSSR count). The van der Waals surface area contributed by atoms with Crippen LogP contribution in [0.4, 0.5) is 0 Å². The zero-order valence-corrected chi connectivity index (χ0v) is 9.81. The molecule has 0 saturated carbocycles. The predicted octanol–water partition coefficient (Wildman–Crippen LogP) is 3.82. The summed E-state index contributed by atoms with van der Waals surface area (Å²) in [5, 5.41) is 0. The van der Waals surface area contributed by atoms with Crippen molar-refractivity contribution in [1.29, 1.82) is 0 Å². The second-order valence-electron chi connectivity index (χ2n) is 5.37. The molecule has 1 atom stereocenters. The molecule has 0 aromatic carbocycles. The Bertz CT molecular complexity index is 153. The van der Waals surface area contributed by atoms with Crippen molar-refractivity contribution in [2.45, 2.75) is 60.3 Å². The maximum absolute atomic E-state index is 11.5. The zero-order chi connectivity index (χ0) is 10.5. The molecule has 0 radical (unpaired) electrons. The van der Waals surface area contributed by atoms with Crippen molar-refractivity contribution in [3.63, 3.8) is 0 Å². The number of hydrogen-bond acceptors (Lipinski definition) is 1. The van der Waals surface area contributed by atoms with Gasteiger partial charge >= 0.3 is 0 Å². The molecule has 0 fully saturated rings. The molecule has 0 spiro atoms. The van der Waals surface area contributed by atoms with Crippen LogP contribution in [0, 0.1) is 11.3 Å². The van der Waals surface area contributed by atoms with Gasteiger partial charge in [0.05, 0.1) is 0 Å². The van der Waals surface area contributed by atoms with E-state index in [1.807, 2.05) is 0 Å². The first-order valence-electron chi connectivity index (χ1n) is 5.37. The minimum Gasteiger partial charge on any atom is -0.300 e. The number of rotatable bonds is 5. The second kappa shape index (κ2) is 5.41. The van der Waals surface area contributed by atoms with Gasteiger partial charge in [0.15, 0.2) is 0 Å². The molecular formula is C12H24O. The first-order chi connectivity index (χ1) is 5.85. The van der Waals surface area contributed by atoms with Gasteiger partial charge in [-0.3, -0.25) is 4.79 Å². The van der Waals surface area contributed by atoms with Gasteiger partial charge in [-0.05, 0) is 11.3 Å². The third-order valence-corrected chi connectivity index (χ3v) is 2.09. The highest BCUT2D eigenvalue weighted by Crippen LogP contribution is 2.22. The number of ketones is 1. The third-order valence-electron chi connectivity index (χ3n) is 2.09. The molecule has 13 heavy (non-hydrogen) atoms. The Hall–Kier alpha value is -0.330. The second-order valence-corrected chi connectivity index (χ2v) is 5.37. The van der Waals surface area contributed by atoms with Crippen LogP contribution in [0.15, 0.2) is 0 Å². The Labute approximate surface area is 82.9 Å². The van der Waals surface area contributed by atoms with Gasteiger partial charge in [-0.1, -0.05) is 47.5 Å². The Balaban J connectivity index is 3.74. The van der Waals surface area contributed by atoms with Crippen LogP contribution in [-0.4, -0.2) is 5.78 Å². The van der Waals surface area contributed by atoms with E-state index >= 15 is 0 Å². The highest BCUT2D eigenvalue weighted by molar-refractivity contribution is 5.79. The lowest BCUT2D eigenvalue weighted by molar-refractivity contribution is -0.121. The molecule has 0 aromatic rings. The first kappa shape index (κ1) is 12.7. The zero-order valence-electron chi connectivity index (χ0n) is 9.81. The Morgan fingerprint density at radius 2 is 1.85 bits per heavy atom. The molecule has 0 aliphatic carbocycles. The van der Waals surface area contributed by atoms with Gasteiger partial charge in [-0.2, -0.15) is 0 Å². The molecule has 0 amide bonds. The van der Waals surface area contributed by atoms with Crippen molar-refractivity contribution in [3.05, 3.63) is 0 Å². The molecule has 0 aromatic heterocycles. The molecule has 1 unspecified atom stereocenters. The predicted molar refractivity (Wildman–Crippen MR) is 57.8 cm³/mol. The summed E-state index contributed by atoms with van der Waals surface area (Å²) < 4.78 is 0. The lowest BCUT2D eigenvalue weighted by atomic mass is 9.86. The largest absolute Gasteiger partial charge is 0.300 e. The molecule has 0 heterocycles. The number of hydrogen-bond donors (Lipinski definition) is 0. The van der Waals surface area contributed by atoms with Crippen LogP contribution in [0.1, 0.15) is 60.3 Å². The van der Waals surface area contributed by atoms with E-state index < -0.39 is 0 Å². The van der Waals surface area contributed by atoms with Crippen LogP contribution in [-0.2, 0) is 4.79 Å². The minimum absolute atomic E-state index is 0.156. The van der Waals surface area contributed by atoms with Crippen molar-refractivity contribution in [1.82, 2.24) is 0 Å². The van der Waals surface area contributed by atoms with Gasteiger partial charge in [0, 0.05) is 12.8 Å². The van der Waals surface area contributed by atoms with Crippen LogP contribution >= 0.6 is 0 Å². The SMILES string of the molecule is CCCC(C)CC(=O)CC(C)(C)C. The first-order valence-corrected chi connectivity index (χ1v) is 5.37. The van der Waals surface area contributed by atoms with Crippen molar-refractivity contribution < 1.29 is 4.79 Å². The summed E-state index contributed by atoms with van der Waals surface area (Å²) in [6, 6.07) is 0. The summed E-state index contributed by atoms with van der Waals surface area (Å²) in [6.45, 7) is 10.7. The highest BCUT2D eigenvalue weighted by Gasteiger charge is 2.17. The quantitative estimate of drug-likeness (QED) is 0.635. The Morgan fingerprint density at radius 3 is 2.23 bits per heavy atom. The van der Waals surface area contributed by atoms with Crippen molar-refractivity contribution >= 4 is 5.78 Å². The standard InChI is InChI=1S/C12H24O/c1-6-7-10(2)8-11(13)9-12(3,4)5/h10H,6-9H2,1-5H3. The number of carbonyl (C=O) groups is 1. The summed E-state index contributed by atoms with van der Waals surface area (Å²) in [7, 11) is 0. The van der Waals surface area contributed by atoms with Gasteiger partial charge in [-0.15, -0.1) is 0 Å². The molecule has 0 bridgehead atoms. The molecule has 1 nitrogen and oxygen atoms in total. The van der Waals surface area contributed by atoms with E-state index in [-0.39, 0.29) is 5.41 Å². The van der Waals surface area contributed by atoms with Gasteiger partial charge in [0.2, 0.25) is 0 Å². The summed E-state index contributed by atoms with van der Waals surface area (Å²) in [5.41, 5.74) is 0.156. The smallest absolute Gasteiger partial charge is 0.133 e. The van der Waals surface area contributed by atoms with Gasteiger partial charge in [0.25, 0.3) is 0 Å². The topological polar surface area (TPSA) is 17.1 Å². The molecule has 0 aliphatic heterocycles. The van der Waals surface area contributed by atoms with Crippen molar-refractivity contribution in [2.75, 3.05) is 0 Å². The Kier molecular flexibility index (Phi) is 5.27. The van der Waals surface area contributed by atoms with E-state index in [1.54, 1.807) is 0 Å². The average Bonchev–Trinajstić information content (AvgIpc) is 1.81. The molecule has 0 saturated heterocycles. The monoisotopic (exact) mass is 184 g/mol. The lowest BCUT2D eigenvalue weighted by Crippen LogP contribution is -2.15. The van der Waals surface area contributed by atoms with Crippen LogP contribution in [0.5, 0.6) is 0 Å². The fourth-order valence-corrected chi connectivity index (χ4v) is 1.65. The maximum Gasteiger partial charge on any atom is 0.133 e. The third kappa shape index (κ3) is 8.01. The van der Waals surface area contributed by atoms with Crippen LogP contribution < -0.4 is 0 Å². The molecular weight excluding hydrogens is 160 g/mol. The Morgan fingerprint density at radius 1 is 1.31 bits per heavy atom. The fraction of sp³-hybridized carbons (Fsp3) is 0.917. The maximum atomic E-state index is 11.5. The minimum atomic E-state index is 0.156. The van der Waals surface area contributed by atoms with Crippen molar-refractivity contribution in [2.24, 2.45) is 11.3 Å². The summed E-state index contributed by atoms with van der Waals surface area (Å²) in [4.78, 5) is 11.5. The summed E-state index contributed by atoms with van der Waals surface area (Å²) >= 11 is 0. The summed E-state index contributed by atoms with van der Waals surface area (Å²) in [6.07, 6.45) is 3.85. The average molecular weight is 184 g/mol. The van der Waals surface area contributed by atoms with Gasteiger partial charge in [0.1, 0.15) is 5.78 Å². The summed E-state index contributed by atoms with van der Waals surface area (Å²) in [5.74, 6) is 0.994. The van der Waals surface area contributed by atoms with Crippen LogP contribution in [0.25, 0.3) is 0 Å². The van der Waals surface area contributed by atoms with Crippen LogP contribution in [0.2, 0.25) is 0 Å². The lowest BCUT2D eigenvalue weighted by Gasteiger charge is -2.18. The van der Waals surface area contributed by atoms with E-state index in [0.717, 1.165) is 12.8 Å². The molecule has 0 N–H and O–H groups in total. The van der Waals surface area contributed by atoms with Gasteiger partial charge in [-0.25, -0.2) is 0 Å². The highest BCUT2D eigenvalue weighted by atomic mass is 16.1. The van der Waals surface area contributed by atoms with E-state index in [2.05, 4.69) is 34.6 Å². The number of Topliss-reactive ketones (excluding diaryl/α,β-unsaturated/α-hetero) is 1. The van der Waals surface area contributed by atoms with E-state index in [1.165, 1.54) is 12.8 Å². The number of carbonyl (C=O) groups excluding carboxylic acids is 1. The molecule has 78 valence electrons. The molecule has 0 aliphatic rings. The van der Waals surface area contributed by atoms with Crippen molar-refractivity contribution in [3.8, 4) is 0 Å². The van der Waals surface area contributed by atoms with E-state index in [0.29, 0.717) is 11.7 Å². The normalized spacial score (nSPS) is 14.2. The fourth-order valence-electron chi connectivity index (χ4n) is 1.65. The molecule has 1 heteroatoms. The van der Waals surface area contributed by atoms with E-state index in [4.69, 9.17) is 0 Å². The van der Waals surface area contributed by atoms with Crippen LogP contribution in [0.3, 0.4) is 0 Å². The van der Waals surface area contributed by atoms with E-state index in [9.17, 15) is 4.79 Å².